The van der Waals surface area contributed by atoms with Gasteiger partial charge in [-0.2, -0.15) is 5.10 Å². The molecule has 2 heterocycles. The molecule has 3 rings (SSSR count). The van der Waals surface area contributed by atoms with Crippen molar-refractivity contribution in [1.82, 2.24) is 14.3 Å². The lowest BCUT2D eigenvalue weighted by atomic mass is 10.2. The monoisotopic (exact) mass is 451 g/mol. The number of hydrogen-bond donors (Lipinski definition) is 3. The topological polar surface area (TPSA) is 139 Å². The maximum absolute atomic E-state index is 12.5. The van der Waals surface area contributed by atoms with Gasteiger partial charge in [-0.3, -0.25) is 9.52 Å². The van der Waals surface area contributed by atoms with Gasteiger partial charge in [-0.1, -0.05) is 0 Å². The van der Waals surface area contributed by atoms with Gasteiger partial charge in [0.25, 0.3) is 0 Å². The standard InChI is InChI=1S/C18H21N5O5S2/c1-13-11-15(21-14(2)24)3-4-18(13)30(27,28)20-8-10-29(25,26)22-16-6-9-23-17(12-16)5-7-19-23/h3-7,9,11-12,20,22H,8,10H2,1-2H3,(H,21,24). The fourth-order valence-corrected chi connectivity index (χ4v) is 5.18. The van der Waals surface area contributed by atoms with Crippen molar-refractivity contribution in [2.75, 3.05) is 22.3 Å². The van der Waals surface area contributed by atoms with E-state index in [2.05, 4.69) is 19.9 Å². The molecule has 1 aromatic carbocycles. The maximum Gasteiger partial charge on any atom is 0.240 e. The number of hydrogen-bond acceptors (Lipinski definition) is 6. The van der Waals surface area contributed by atoms with Gasteiger partial charge in [0, 0.05) is 31.5 Å². The first-order valence-electron chi connectivity index (χ1n) is 8.87. The summed E-state index contributed by atoms with van der Waals surface area (Å²) < 4.78 is 56.0. The van der Waals surface area contributed by atoms with Gasteiger partial charge in [-0.25, -0.2) is 26.1 Å². The molecule has 0 atom stereocenters. The van der Waals surface area contributed by atoms with Crippen molar-refractivity contribution in [1.29, 1.82) is 0 Å². The zero-order valence-electron chi connectivity index (χ0n) is 16.3. The van der Waals surface area contributed by atoms with Crippen LogP contribution in [-0.4, -0.2) is 44.7 Å². The molecule has 3 aromatic rings. The molecular weight excluding hydrogens is 430 g/mol. The summed E-state index contributed by atoms with van der Waals surface area (Å²) in [7, 11) is -7.69. The number of anilines is 2. The number of aromatic nitrogens is 2. The average Bonchev–Trinajstić information content (AvgIpc) is 3.08. The average molecular weight is 452 g/mol. The predicted molar refractivity (Wildman–Crippen MR) is 113 cm³/mol. The fourth-order valence-electron chi connectivity index (χ4n) is 2.84. The number of aryl methyl sites for hydroxylation is 1. The molecule has 0 unspecified atom stereocenters. The van der Waals surface area contributed by atoms with Crippen LogP contribution in [0.3, 0.4) is 0 Å². The second kappa shape index (κ2) is 8.42. The first kappa shape index (κ1) is 21.7. The number of sulfonamides is 2. The Kier molecular flexibility index (Phi) is 6.10. The van der Waals surface area contributed by atoms with Crippen LogP contribution in [0, 0.1) is 6.92 Å². The lowest BCUT2D eigenvalue weighted by molar-refractivity contribution is -0.114. The van der Waals surface area contributed by atoms with Gasteiger partial charge >= 0.3 is 0 Å². The summed E-state index contributed by atoms with van der Waals surface area (Å²) in [5.74, 6) is -0.715. The van der Waals surface area contributed by atoms with E-state index in [-0.39, 0.29) is 17.3 Å². The van der Waals surface area contributed by atoms with Crippen LogP contribution in [0.4, 0.5) is 11.4 Å². The molecule has 0 radical (unpaired) electrons. The van der Waals surface area contributed by atoms with E-state index in [0.717, 1.165) is 0 Å². The highest BCUT2D eigenvalue weighted by Gasteiger charge is 2.19. The summed E-state index contributed by atoms with van der Waals surface area (Å²) in [6.07, 6.45) is 3.20. The minimum absolute atomic E-state index is 0.00754. The Labute approximate surface area is 174 Å². The molecule has 0 aliphatic carbocycles. The van der Waals surface area contributed by atoms with Gasteiger partial charge in [0.2, 0.25) is 26.0 Å². The molecule has 30 heavy (non-hydrogen) atoms. The molecule has 12 heteroatoms. The van der Waals surface area contributed by atoms with Gasteiger partial charge in [-0.15, -0.1) is 0 Å². The number of pyridine rings is 1. The van der Waals surface area contributed by atoms with E-state index in [1.807, 2.05) is 0 Å². The minimum Gasteiger partial charge on any atom is -0.326 e. The van der Waals surface area contributed by atoms with Gasteiger partial charge in [-0.05, 0) is 48.9 Å². The Balaban J connectivity index is 1.63. The van der Waals surface area contributed by atoms with Crippen LogP contribution in [0.2, 0.25) is 0 Å². The molecule has 0 fully saturated rings. The smallest absolute Gasteiger partial charge is 0.240 e. The van der Waals surface area contributed by atoms with Gasteiger partial charge in [0.1, 0.15) is 0 Å². The molecule has 3 N–H and O–H groups in total. The van der Waals surface area contributed by atoms with Gasteiger partial charge < -0.3 is 5.32 Å². The summed E-state index contributed by atoms with van der Waals surface area (Å²) in [6, 6.07) is 9.26. The molecular formula is C18H21N5O5S2. The minimum atomic E-state index is -3.92. The highest BCUT2D eigenvalue weighted by atomic mass is 32.2. The van der Waals surface area contributed by atoms with Crippen molar-refractivity contribution in [3.8, 4) is 0 Å². The summed E-state index contributed by atoms with van der Waals surface area (Å²) in [5.41, 5.74) is 1.97. The Morgan fingerprint density at radius 2 is 1.83 bits per heavy atom. The van der Waals surface area contributed by atoms with E-state index in [1.165, 1.54) is 25.1 Å². The van der Waals surface area contributed by atoms with Crippen molar-refractivity contribution < 1.29 is 21.6 Å². The van der Waals surface area contributed by atoms with E-state index < -0.39 is 25.8 Å². The van der Waals surface area contributed by atoms with E-state index in [1.54, 1.807) is 42.0 Å². The zero-order valence-corrected chi connectivity index (χ0v) is 17.9. The van der Waals surface area contributed by atoms with Crippen LogP contribution >= 0.6 is 0 Å². The van der Waals surface area contributed by atoms with Gasteiger partial charge in [0.15, 0.2) is 0 Å². The molecule has 1 amide bonds. The summed E-state index contributed by atoms with van der Waals surface area (Å²) >= 11 is 0. The Hall–Kier alpha value is -2.96. The van der Waals surface area contributed by atoms with Crippen LogP contribution < -0.4 is 14.8 Å². The van der Waals surface area contributed by atoms with Gasteiger partial charge in [0.05, 0.1) is 21.9 Å². The Morgan fingerprint density at radius 1 is 1.07 bits per heavy atom. The number of rotatable bonds is 8. The molecule has 10 nitrogen and oxygen atoms in total. The van der Waals surface area contributed by atoms with Crippen LogP contribution in [0.5, 0.6) is 0 Å². The van der Waals surface area contributed by atoms with E-state index in [0.29, 0.717) is 22.5 Å². The van der Waals surface area contributed by atoms with E-state index >= 15 is 0 Å². The van der Waals surface area contributed by atoms with Crippen LogP contribution in [0.25, 0.3) is 5.52 Å². The molecule has 0 aliphatic rings. The zero-order chi connectivity index (χ0) is 21.9. The van der Waals surface area contributed by atoms with Crippen molar-refractivity contribution in [3.05, 3.63) is 54.4 Å². The number of amides is 1. The number of nitrogens with one attached hydrogen (secondary N) is 3. The molecule has 2 aromatic heterocycles. The molecule has 0 saturated heterocycles. The lowest BCUT2D eigenvalue weighted by Crippen LogP contribution is -2.31. The Bertz CT molecular complexity index is 1300. The third kappa shape index (κ3) is 5.34. The van der Waals surface area contributed by atoms with Crippen molar-refractivity contribution in [3.63, 3.8) is 0 Å². The number of benzene rings is 1. The number of carbonyl (C=O) groups is 1. The quantitative estimate of drug-likeness (QED) is 0.472. The highest BCUT2D eigenvalue weighted by Crippen LogP contribution is 2.19. The van der Waals surface area contributed by atoms with E-state index in [9.17, 15) is 21.6 Å². The third-order valence-electron chi connectivity index (χ3n) is 4.12. The van der Waals surface area contributed by atoms with Crippen LogP contribution in [0.1, 0.15) is 12.5 Å². The van der Waals surface area contributed by atoms with E-state index in [4.69, 9.17) is 0 Å². The second-order valence-corrected chi connectivity index (χ2v) is 10.2. The second-order valence-electron chi connectivity index (χ2n) is 6.60. The number of nitrogens with zero attached hydrogens (tertiary/aromatic N) is 2. The van der Waals surface area contributed by atoms with Crippen molar-refractivity contribution in [2.24, 2.45) is 0 Å². The number of fused-ring (bicyclic) bond motifs is 1. The highest BCUT2D eigenvalue weighted by molar-refractivity contribution is 7.92. The molecule has 0 bridgehead atoms. The summed E-state index contributed by atoms with van der Waals surface area (Å²) in [5, 5.41) is 6.60. The third-order valence-corrected chi connectivity index (χ3v) is 7.03. The van der Waals surface area contributed by atoms with Crippen molar-refractivity contribution in [2.45, 2.75) is 18.7 Å². The molecule has 0 aliphatic heterocycles. The first-order valence-corrected chi connectivity index (χ1v) is 12.0. The molecule has 160 valence electrons. The molecule has 0 saturated carbocycles. The van der Waals surface area contributed by atoms with Crippen LogP contribution in [-0.2, 0) is 24.8 Å². The lowest BCUT2D eigenvalue weighted by Gasteiger charge is -2.12. The fraction of sp³-hybridized carbons (Fsp3) is 0.222. The number of carbonyl (C=O) groups excluding carboxylic acids is 1. The molecule has 0 spiro atoms. The SMILES string of the molecule is CC(=O)Nc1ccc(S(=O)(=O)NCCS(=O)(=O)Nc2ccn3nccc3c2)c(C)c1. The van der Waals surface area contributed by atoms with Crippen molar-refractivity contribution >= 4 is 42.8 Å². The normalized spacial score (nSPS) is 12.1. The van der Waals surface area contributed by atoms with Crippen LogP contribution in [0.15, 0.2) is 53.7 Å². The summed E-state index contributed by atoms with van der Waals surface area (Å²) in [4.78, 5) is 11.1. The largest absolute Gasteiger partial charge is 0.326 e. The summed E-state index contributed by atoms with van der Waals surface area (Å²) in [6.45, 7) is 2.63. The first-order chi connectivity index (χ1) is 14.1. The Morgan fingerprint density at radius 3 is 2.53 bits per heavy atom. The predicted octanol–water partition coefficient (Wildman–Crippen LogP) is 1.32. The maximum atomic E-state index is 12.5.